The zero-order valence-corrected chi connectivity index (χ0v) is 30.4. The lowest BCUT2D eigenvalue weighted by Gasteiger charge is -2.25. The van der Waals surface area contributed by atoms with Crippen LogP contribution in [0.15, 0.2) is 162 Å². The number of hydrogen-bond donors (Lipinski definition) is 0. The first-order valence-electron chi connectivity index (χ1n) is 18.5. The van der Waals surface area contributed by atoms with Crippen molar-refractivity contribution in [2.75, 3.05) is 0 Å². The Morgan fingerprint density at radius 3 is 1.53 bits per heavy atom. The summed E-state index contributed by atoms with van der Waals surface area (Å²) in [5.41, 5.74) is 14.9. The smallest absolute Gasteiger partial charge is 0.139 e. The van der Waals surface area contributed by atoms with Crippen LogP contribution in [-0.2, 0) is 0 Å². The minimum Gasteiger partial charge on any atom is -0.456 e. The Hall–Kier alpha value is -6.18. The summed E-state index contributed by atoms with van der Waals surface area (Å²) < 4.78 is 6.59. The Bertz CT molecular complexity index is 3110. The van der Waals surface area contributed by atoms with E-state index in [2.05, 4.69) is 189 Å². The van der Waals surface area contributed by atoms with Crippen LogP contribution >= 0.6 is 0 Å². The second kappa shape index (κ2) is 12.2. The first-order chi connectivity index (χ1) is 26.0. The van der Waals surface area contributed by atoms with Gasteiger partial charge >= 0.3 is 0 Å². The first kappa shape index (κ1) is 31.5. The molecule has 0 spiro atoms. The van der Waals surface area contributed by atoms with Gasteiger partial charge in [0.05, 0.1) is 0 Å². The van der Waals surface area contributed by atoms with Crippen LogP contribution in [0, 0.1) is 0 Å². The van der Waals surface area contributed by atoms with Crippen molar-refractivity contribution in [3.8, 4) is 44.7 Å². The van der Waals surface area contributed by atoms with E-state index in [1.54, 1.807) is 0 Å². The third-order valence-electron chi connectivity index (χ3n) is 11.8. The molecule has 1 aromatic heterocycles. The molecule has 0 saturated carbocycles. The van der Waals surface area contributed by atoms with Crippen molar-refractivity contribution in [1.29, 1.82) is 0 Å². The second-order valence-electron chi connectivity index (χ2n) is 14.5. The summed E-state index contributed by atoms with van der Waals surface area (Å²) >= 11 is 0. The van der Waals surface area contributed by atoms with Crippen molar-refractivity contribution in [1.82, 2.24) is 0 Å². The predicted octanol–water partition coefficient (Wildman–Crippen LogP) is 6.75. The number of furan rings is 1. The summed E-state index contributed by atoms with van der Waals surface area (Å²) in [6.07, 6.45) is 0. The molecule has 0 unspecified atom stereocenters. The zero-order chi connectivity index (χ0) is 35.8. The quantitative estimate of drug-likeness (QED) is 0.149. The number of benzene rings is 9. The van der Waals surface area contributed by atoms with Gasteiger partial charge in [-0.25, -0.2) is 0 Å². The Morgan fingerprint density at radius 1 is 0.340 bits per heavy atom. The molecule has 0 amide bonds. The summed E-state index contributed by atoms with van der Waals surface area (Å²) in [5.74, 6) is 0.887. The molecule has 0 fully saturated rings. The summed E-state index contributed by atoms with van der Waals surface area (Å²) in [7, 11) is 9.22. The van der Waals surface area contributed by atoms with E-state index in [9.17, 15) is 0 Å². The van der Waals surface area contributed by atoms with Crippen LogP contribution in [0.4, 0.5) is 0 Å². The highest BCUT2D eigenvalue weighted by atomic mass is 16.3. The molecule has 0 aliphatic carbocycles. The molecular weight excluding hydrogens is 636 g/mol. The summed E-state index contributed by atoms with van der Waals surface area (Å²) in [4.78, 5) is 0. The van der Waals surface area contributed by atoms with Crippen molar-refractivity contribution in [2.24, 2.45) is 0 Å². The van der Waals surface area contributed by atoms with Gasteiger partial charge in [0, 0.05) is 10.9 Å². The zero-order valence-electron chi connectivity index (χ0n) is 30.4. The van der Waals surface area contributed by atoms with E-state index in [0.29, 0.717) is 0 Å². The summed E-state index contributed by atoms with van der Waals surface area (Å²) in [6, 6.07) is 57.3. The van der Waals surface area contributed by atoms with Gasteiger partial charge in [-0.2, -0.15) is 0 Å². The molecule has 10 aromatic rings. The van der Waals surface area contributed by atoms with Crippen LogP contribution in [0.5, 0.6) is 0 Å². The standard InChI is InChI=1S/C48H34B4O/c49-45-43-41(36-19-5-6-20-37(36)42(44(43)46(50)48(52)47(45)51)35-23-9-14-28-12-2-4-18-32(28)35)30-16-7-15-29(25-30)33-21-10-24-39-38(33)26-40(53-39)34-22-8-13-27-11-1-3-17-31(27)34/h1-26H,49-52H2. The van der Waals surface area contributed by atoms with Crippen molar-refractivity contribution >= 4 is 107 Å². The summed E-state index contributed by atoms with van der Waals surface area (Å²) in [5, 5.41) is 11.3. The molecule has 10 rings (SSSR count). The van der Waals surface area contributed by atoms with Gasteiger partial charge in [-0.05, 0) is 94.7 Å². The van der Waals surface area contributed by atoms with Crippen molar-refractivity contribution in [2.45, 2.75) is 0 Å². The van der Waals surface area contributed by atoms with Gasteiger partial charge in [0.15, 0.2) is 0 Å². The summed E-state index contributed by atoms with van der Waals surface area (Å²) in [6.45, 7) is 0. The number of fused-ring (bicyclic) bond motifs is 5. The maximum Gasteiger partial charge on any atom is 0.139 e. The van der Waals surface area contributed by atoms with E-state index in [0.717, 1.165) is 22.3 Å². The largest absolute Gasteiger partial charge is 0.456 e. The van der Waals surface area contributed by atoms with E-state index in [4.69, 9.17) is 4.42 Å². The minimum atomic E-state index is 0.887. The highest BCUT2D eigenvalue weighted by Gasteiger charge is 2.23. The topological polar surface area (TPSA) is 13.1 Å². The monoisotopic (exact) mass is 670 g/mol. The van der Waals surface area contributed by atoms with Crippen LogP contribution < -0.4 is 21.9 Å². The third kappa shape index (κ3) is 4.84. The van der Waals surface area contributed by atoms with Gasteiger partial charge in [0.2, 0.25) is 0 Å². The van der Waals surface area contributed by atoms with Gasteiger partial charge in [0.25, 0.3) is 0 Å². The van der Waals surface area contributed by atoms with E-state index < -0.39 is 0 Å². The van der Waals surface area contributed by atoms with Crippen molar-refractivity contribution < 1.29 is 4.42 Å². The van der Waals surface area contributed by atoms with E-state index >= 15 is 0 Å². The van der Waals surface area contributed by atoms with Crippen molar-refractivity contribution in [3.05, 3.63) is 158 Å². The Balaban J connectivity index is 1.25. The van der Waals surface area contributed by atoms with Crippen molar-refractivity contribution in [3.63, 3.8) is 0 Å². The lowest BCUT2D eigenvalue weighted by Crippen LogP contribution is -2.48. The van der Waals surface area contributed by atoms with E-state index in [1.165, 1.54) is 98.3 Å². The molecule has 0 bridgehead atoms. The third-order valence-corrected chi connectivity index (χ3v) is 11.8. The SMILES string of the molecule is Bc1c(B)c(B)c2c(-c3cccc4ccccc34)c3ccccc3c(-c3cccc(-c4cccc5oc(-c6cccc7ccccc67)cc45)c3)c2c1B. The van der Waals surface area contributed by atoms with Crippen LogP contribution in [0.2, 0.25) is 0 Å². The molecule has 244 valence electrons. The fourth-order valence-corrected chi connectivity index (χ4v) is 8.88. The molecule has 0 atom stereocenters. The molecule has 0 aliphatic heterocycles. The first-order valence-corrected chi connectivity index (χ1v) is 18.5. The molecule has 0 radical (unpaired) electrons. The van der Waals surface area contributed by atoms with Gasteiger partial charge in [-0.3, -0.25) is 0 Å². The van der Waals surface area contributed by atoms with E-state index in [-0.39, 0.29) is 0 Å². The highest BCUT2D eigenvalue weighted by Crippen LogP contribution is 2.45. The van der Waals surface area contributed by atoms with Gasteiger partial charge in [-0.1, -0.05) is 150 Å². The molecule has 5 heteroatoms. The van der Waals surface area contributed by atoms with Gasteiger partial charge < -0.3 is 4.42 Å². The second-order valence-corrected chi connectivity index (χ2v) is 14.5. The Morgan fingerprint density at radius 2 is 0.830 bits per heavy atom. The lowest BCUT2D eigenvalue weighted by atomic mass is 9.62. The fraction of sp³-hybridized carbons (Fsp3) is 0. The van der Waals surface area contributed by atoms with Gasteiger partial charge in [0.1, 0.15) is 42.7 Å². The minimum absolute atomic E-state index is 0.887. The fourth-order valence-electron chi connectivity index (χ4n) is 8.88. The molecule has 9 aromatic carbocycles. The van der Waals surface area contributed by atoms with Crippen LogP contribution in [-0.4, -0.2) is 31.4 Å². The average Bonchev–Trinajstić information content (AvgIpc) is 3.65. The molecule has 0 saturated heterocycles. The highest BCUT2D eigenvalue weighted by molar-refractivity contribution is 6.68. The molecular formula is C48H34B4O. The average molecular weight is 670 g/mol. The molecule has 1 heterocycles. The molecule has 0 aliphatic rings. The Kier molecular flexibility index (Phi) is 7.27. The molecule has 0 N–H and O–H groups in total. The number of hydrogen-bond acceptors (Lipinski definition) is 1. The molecule has 53 heavy (non-hydrogen) atoms. The van der Waals surface area contributed by atoms with Crippen LogP contribution in [0.3, 0.4) is 0 Å². The maximum absolute atomic E-state index is 6.59. The molecule has 1 nitrogen and oxygen atoms in total. The van der Waals surface area contributed by atoms with Crippen LogP contribution in [0.1, 0.15) is 0 Å². The normalized spacial score (nSPS) is 11.7. The van der Waals surface area contributed by atoms with Crippen LogP contribution in [0.25, 0.3) is 98.8 Å². The number of rotatable bonds is 4. The van der Waals surface area contributed by atoms with E-state index in [1.807, 2.05) is 0 Å². The lowest BCUT2D eigenvalue weighted by molar-refractivity contribution is 0.632. The predicted molar refractivity (Wildman–Crippen MR) is 241 cm³/mol. The Labute approximate surface area is 312 Å². The maximum atomic E-state index is 6.59. The van der Waals surface area contributed by atoms with Gasteiger partial charge in [-0.15, -0.1) is 10.9 Å².